The first-order valence-corrected chi connectivity index (χ1v) is 8.17. The molecule has 2 amide bonds. The number of carbonyl (C=O) groups is 3. The van der Waals surface area contributed by atoms with E-state index in [0.29, 0.717) is 5.56 Å². The number of rotatable bonds is 3. The van der Waals surface area contributed by atoms with Gasteiger partial charge in [-0.25, -0.2) is 9.59 Å². The molecular weight excluding hydrogens is 324 g/mol. The van der Waals surface area contributed by atoms with E-state index in [4.69, 9.17) is 4.74 Å². The molecule has 2 rings (SSSR count). The van der Waals surface area contributed by atoms with Gasteiger partial charge in [-0.2, -0.15) is 0 Å². The Morgan fingerprint density at radius 1 is 1.24 bits per heavy atom. The van der Waals surface area contributed by atoms with Crippen LogP contribution in [0, 0.1) is 6.92 Å². The molecule has 0 aromatic heterocycles. The van der Waals surface area contributed by atoms with E-state index in [9.17, 15) is 19.5 Å². The molecule has 2 atom stereocenters. The van der Waals surface area contributed by atoms with E-state index in [1.165, 1.54) is 0 Å². The number of nitrogens with zero attached hydrogens (tertiary/aromatic N) is 1. The molecule has 0 saturated carbocycles. The number of likely N-dealkylation sites (tertiary alicyclic amines) is 1. The van der Waals surface area contributed by atoms with Gasteiger partial charge in [0.25, 0.3) is 5.91 Å². The molecule has 1 aromatic rings. The first kappa shape index (κ1) is 18.8. The number of amides is 2. The van der Waals surface area contributed by atoms with Crippen molar-refractivity contribution in [2.24, 2.45) is 0 Å². The first-order chi connectivity index (χ1) is 11.6. The van der Waals surface area contributed by atoms with Crippen LogP contribution >= 0.6 is 0 Å². The molecule has 1 aliphatic heterocycles. The number of carboxylic acid groups (broad SMARTS) is 1. The molecule has 1 aromatic carbocycles. The molecule has 1 fully saturated rings. The Morgan fingerprint density at radius 2 is 1.88 bits per heavy atom. The lowest BCUT2D eigenvalue weighted by atomic mass is 10.1. The molecule has 1 aliphatic rings. The molecule has 25 heavy (non-hydrogen) atoms. The normalized spacial score (nSPS) is 20.2. The lowest BCUT2D eigenvalue weighted by Crippen LogP contribution is -2.44. The van der Waals surface area contributed by atoms with E-state index < -0.39 is 29.7 Å². The van der Waals surface area contributed by atoms with Crippen LogP contribution in [0.5, 0.6) is 0 Å². The van der Waals surface area contributed by atoms with Crippen LogP contribution in [0.15, 0.2) is 24.3 Å². The minimum atomic E-state index is -1.11. The maximum absolute atomic E-state index is 12.4. The van der Waals surface area contributed by atoms with Gasteiger partial charge in [0, 0.05) is 24.6 Å². The number of carboxylic acids is 1. The third-order valence-corrected chi connectivity index (χ3v) is 3.94. The number of benzene rings is 1. The molecule has 136 valence electrons. The summed E-state index contributed by atoms with van der Waals surface area (Å²) in [6.45, 7) is 7.08. The highest BCUT2D eigenvalue weighted by Gasteiger charge is 2.42. The van der Waals surface area contributed by atoms with Gasteiger partial charge >= 0.3 is 12.1 Å². The van der Waals surface area contributed by atoms with Gasteiger partial charge in [-0.15, -0.1) is 0 Å². The second-order valence-electron chi connectivity index (χ2n) is 7.21. The Kier molecular flexibility index (Phi) is 5.35. The van der Waals surface area contributed by atoms with Crippen molar-refractivity contribution in [3.05, 3.63) is 35.4 Å². The molecule has 0 spiro atoms. The Balaban J connectivity index is 2.09. The Hall–Kier alpha value is -2.57. The van der Waals surface area contributed by atoms with Crippen LogP contribution in [0.4, 0.5) is 4.79 Å². The highest BCUT2D eigenvalue weighted by Crippen LogP contribution is 2.22. The fourth-order valence-electron chi connectivity index (χ4n) is 2.79. The van der Waals surface area contributed by atoms with Crippen LogP contribution in [0.2, 0.25) is 0 Å². The van der Waals surface area contributed by atoms with Crippen LogP contribution in [0.1, 0.15) is 43.1 Å². The number of aliphatic carboxylic acids is 1. The lowest BCUT2D eigenvalue weighted by Gasteiger charge is -2.26. The summed E-state index contributed by atoms with van der Waals surface area (Å²) < 4.78 is 5.27. The van der Waals surface area contributed by atoms with Crippen LogP contribution in [0.25, 0.3) is 0 Å². The van der Waals surface area contributed by atoms with E-state index in [2.05, 4.69) is 5.32 Å². The number of ether oxygens (including phenoxy) is 1. The second-order valence-corrected chi connectivity index (χ2v) is 7.21. The molecule has 1 saturated heterocycles. The quantitative estimate of drug-likeness (QED) is 0.873. The Labute approximate surface area is 147 Å². The monoisotopic (exact) mass is 348 g/mol. The van der Waals surface area contributed by atoms with Gasteiger partial charge in [0.2, 0.25) is 0 Å². The van der Waals surface area contributed by atoms with E-state index >= 15 is 0 Å². The van der Waals surface area contributed by atoms with E-state index in [1.54, 1.807) is 32.9 Å². The van der Waals surface area contributed by atoms with Crippen molar-refractivity contribution < 1.29 is 24.2 Å². The highest BCUT2D eigenvalue weighted by molar-refractivity contribution is 5.96. The van der Waals surface area contributed by atoms with Crippen molar-refractivity contribution in [1.82, 2.24) is 10.2 Å². The molecule has 2 N–H and O–H groups in total. The zero-order valence-corrected chi connectivity index (χ0v) is 14.9. The number of nitrogens with one attached hydrogen (secondary N) is 1. The lowest BCUT2D eigenvalue weighted by molar-refractivity contribution is -0.142. The van der Waals surface area contributed by atoms with E-state index in [0.717, 1.165) is 10.5 Å². The van der Waals surface area contributed by atoms with Crippen molar-refractivity contribution in [2.75, 3.05) is 6.54 Å². The second kappa shape index (κ2) is 7.13. The molecule has 0 radical (unpaired) electrons. The molecule has 0 aliphatic carbocycles. The van der Waals surface area contributed by atoms with Crippen LogP contribution in [-0.4, -0.2) is 52.2 Å². The number of carbonyl (C=O) groups excluding carboxylic acids is 2. The summed E-state index contributed by atoms with van der Waals surface area (Å²) in [5.41, 5.74) is 0.643. The fourth-order valence-corrected chi connectivity index (χ4v) is 2.79. The first-order valence-electron chi connectivity index (χ1n) is 8.17. The number of hydrogen-bond donors (Lipinski definition) is 2. The topological polar surface area (TPSA) is 95.9 Å². The highest BCUT2D eigenvalue weighted by atomic mass is 16.6. The van der Waals surface area contributed by atoms with Crippen molar-refractivity contribution in [3.63, 3.8) is 0 Å². The summed E-state index contributed by atoms with van der Waals surface area (Å²) in [6.07, 6.45) is -0.542. The van der Waals surface area contributed by atoms with Gasteiger partial charge in [-0.3, -0.25) is 9.69 Å². The maximum Gasteiger partial charge on any atom is 0.411 e. The van der Waals surface area contributed by atoms with E-state index in [1.807, 2.05) is 19.1 Å². The summed E-state index contributed by atoms with van der Waals surface area (Å²) in [6, 6.07) is 5.68. The average Bonchev–Trinajstić information content (AvgIpc) is 2.90. The zero-order chi connectivity index (χ0) is 18.8. The third kappa shape index (κ3) is 4.71. The van der Waals surface area contributed by atoms with Gasteiger partial charge in [-0.05, 0) is 39.3 Å². The SMILES string of the molecule is Cc1ccccc1C(=O)N[C@@H]1C[C@@H](C(=O)O)N(C(=O)OC(C)(C)C)C1. The average molecular weight is 348 g/mol. The van der Waals surface area contributed by atoms with Gasteiger partial charge in [-0.1, -0.05) is 18.2 Å². The third-order valence-electron chi connectivity index (χ3n) is 3.94. The van der Waals surface area contributed by atoms with Crippen molar-refractivity contribution in [2.45, 2.75) is 51.8 Å². The molecule has 0 bridgehead atoms. The standard InChI is InChI=1S/C18H24N2O5/c1-11-7-5-6-8-13(11)15(21)19-12-9-14(16(22)23)20(10-12)17(24)25-18(2,3)4/h5-8,12,14H,9-10H2,1-4H3,(H,19,21)(H,22,23)/t12-,14+/m1/s1. The van der Waals surface area contributed by atoms with Crippen molar-refractivity contribution >= 4 is 18.0 Å². The van der Waals surface area contributed by atoms with Crippen LogP contribution in [-0.2, 0) is 9.53 Å². The maximum atomic E-state index is 12.4. The number of hydrogen-bond acceptors (Lipinski definition) is 4. The summed E-state index contributed by atoms with van der Waals surface area (Å²) in [4.78, 5) is 37.3. The number of aryl methyl sites for hydroxylation is 1. The summed E-state index contributed by atoms with van der Waals surface area (Å²) in [7, 11) is 0. The van der Waals surface area contributed by atoms with Crippen LogP contribution in [0.3, 0.4) is 0 Å². The van der Waals surface area contributed by atoms with Gasteiger partial charge in [0.1, 0.15) is 11.6 Å². The zero-order valence-electron chi connectivity index (χ0n) is 14.9. The van der Waals surface area contributed by atoms with Crippen molar-refractivity contribution in [3.8, 4) is 0 Å². The smallest absolute Gasteiger partial charge is 0.411 e. The Bertz CT molecular complexity index is 680. The van der Waals surface area contributed by atoms with Crippen LogP contribution < -0.4 is 5.32 Å². The molecule has 7 nitrogen and oxygen atoms in total. The summed E-state index contributed by atoms with van der Waals surface area (Å²) in [5, 5.41) is 12.2. The van der Waals surface area contributed by atoms with E-state index in [-0.39, 0.29) is 18.9 Å². The largest absolute Gasteiger partial charge is 0.480 e. The summed E-state index contributed by atoms with van der Waals surface area (Å²) >= 11 is 0. The van der Waals surface area contributed by atoms with Gasteiger partial charge in [0.15, 0.2) is 0 Å². The summed E-state index contributed by atoms with van der Waals surface area (Å²) in [5.74, 6) is -1.39. The minimum absolute atomic E-state index is 0.101. The molecule has 7 heteroatoms. The van der Waals surface area contributed by atoms with Crippen molar-refractivity contribution in [1.29, 1.82) is 0 Å². The molecular formula is C18H24N2O5. The van der Waals surface area contributed by atoms with Gasteiger partial charge in [0.05, 0.1) is 0 Å². The predicted molar refractivity (Wildman–Crippen MR) is 91.4 cm³/mol. The van der Waals surface area contributed by atoms with Gasteiger partial charge < -0.3 is 15.2 Å². The molecule has 0 unspecified atom stereocenters. The predicted octanol–water partition coefficient (Wildman–Crippen LogP) is 2.19. The molecule has 1 heterocycles. The Morgan fingerprint density at radius 3 is 2.44 bits per heavy atom. The fraction of sp³-hybridized carbons (Fsp3) is 0.500. The minimum Gasteiger partial charge on any atom is -0.480 e.